The van der Waals surface area contributed by atoms with Gasteiger partial charge in [0, 0.05) is 6.54 Å². The summed E-state index contributed by atoms with van der Waals surface area (Å²) in [6, 6.07) is -1.07. The zero-order valence-electron chi connectivity index (χ0n) is 6.63. The van der Waals surface area contributed by atoms with Gasteiger partial charge in [0.2, 0.25) is 0 Å². The fraction of sp³-hybridized carbons (Fsp3) is 0.667. The van der Waals surface area contributed by atoms with Crippen LogP contribution in [0.1, 0.15) is 12.8 Å². The summed E-state index contributed by atoms with van der Waals surface area (Å²) in [6.45, 7) is 0.442. The summed E-state index contributed by atoms with van der Waals surface area (Å²) in [7, 11) is 0. The Bertz CT molecular complexity index is 171. The average Bonchev–Trinajstić information content (AvgIpc) is 1.97. The lowest BCUT2D eigenvalue weighted by atomic mass is 10.2. The smallest absolute Gasteiger partial charge is 0.322 e. The van der Waals surface area contributed by atoms with Crippen molar-refractivity contribution in [1.29, 1.82) is 5.41 Å². The largest absolute Gasteiger partial charge is 0.480 e. The molecular weight excluding hydrogens is 160 g/mol. The highest BCUT2D eigenvalue weighted by atomic mass is 16.4. The SMILES string of the molecule is [NH]C(CCCNC(=N)N)C(=O)O. The van der Waals surface area contributed by atoms with Gasteiger partial charge >= 0.3 is 5.97 Å². The minimum Gasteiger partial charge on any atom is -0.480 e. The van der Waals surface area contributed by atoms with E-state index >= 15 is 0 Å². The van der Waals surface area contributed by atoms with Crippen molar-refractivity contribution in [1.82, 2.24) is 11.1 Å². The molecule has 0 heterocycles. The van der Waals surface area contributed by atoms with E-state index in [0.717, 1.165) is 0 Å². The minimum absolute atomic E-state index is 0.133. The van der Waals surface area contributed by atoms with Gasteiger partial charge in [-0.05, 0) is 12.8 Å². The normalized spacial score (nSPS) is 12.1. The van der Waals surface area contributed by atoms with Crippen molar-refractivity contribution in [2.24, 2.45) is 5.73 Å². The van der Waals surface area contributed by atoms with Crippen molar-refractivity contribution in [3.63, 3.8) is 0 Å². The minimum atomic E-state index is -1.11. The number of hydrogen-bond acceptors (Lipinski definition) is 2. The number of carboxylic acid groups (broad SMARTS) is 1. The molecule has 69 valence electrons. The molecule has 1 unspecified atom stereocenters. The maximum absolute atomic E-state index is 10.2. The molecule has 0 aliphatic rings. The molecule has 0 saturated carbocycles. The predicted octanol–water partition coefficient (Wildman–Crippen LogP) is -1.01. The third kappa shape index (κ3) is 5.48. The Morgan fingerprint density at radius 1 is 1.67 bits per heavy atom. The van der Waals surface area contributed by atoms with Gasteiger partial charge in [-0.2, -0.15) is 0 Å². The zero-order chi connectivity index (χ0) is 9.56. The maximum Gasteiger partial charge on any atom is 0.322 e. The molecule has 6 heteroatoms. The maximum atomic E-state index is 10.2. The van der Waals surface area contributed by atoms with Crippen LogP contribution in [0.2, 0.25) is 0 Å². The van der Waals surface area contributed by atoms with Crippen LogP contribution in [0.4, 0.5) is 0 Å². The number of nitrogens with two attached hydrogens (primary N) is 1. The second-order valence-electron chi connectivity index (χ2n) is 2.37. The molecule has 0 aromatic rings. The quantitative estimate of drug-likeness (QED) is 0.241. The first kappa shape index (κ1) is 10.7. The Morgan fingerprint density at radius 3 is 2.67 bits per heavy atom. The van der Waals surface area contributed by atoms with Crippen LogP contribution in [0, 0.1) is 5.41 Å². The van der Waals surface area contributed by atoms with Crippen LogP contribution in [0.25, 0.3) is 0 Å². The number of hydrogen-bond donors (Lipinski definition) is 4. The second-order valence-corrected chi connectivity index (χ2v) is 2.37. The van der Waals surface area contributed by atoms with Crippen molar-refractivity contribution in [2.45, 2.75) is 18.9 Å². The van der Waals surface area contributed by atoms with Crippen LogP contribution in [-0.4, -0.2) is 29.6 Å². The zero-order valence-corrected chi connectivity index (χ0v) is 6.63. The Balaban J connectivity index is 3.31. The van der Waals surface area contributed by atoms with Crippen LogP contribution in [0.5, 0.6) is 0 Å². The molecule has 0 fully saturated rings. The number of aliphatic carboxylic acids is 1. The fourth-order valence-electron chi connectivity index (χ4n) is 0.653. The fourth-order valence-corrected chi connectivity index (χ4v) is 0.653. The van der Waals surface area contributed by atoms with Gasteiger partial charge in [-0.3, -0.25) is 10.2 Å². The van der Waals surface area contributed by atoms with Crippen molar-refractivity contribution < 1.29 is 9.90 Å². The second kappa shape index (κ2) is 5.36. The molecule has 6 N–H and O–H groups in total. The van der Waals surface area contributed by atoms with Crippen molar-refractivity contribution in [3.05, 3.63) is 0 Å². The van der Waals surface area contributed by atoms with E-state index in [0.29, 0.717) is 13.0 Å². The van der Waals surface area contributed by atoms with E-state index in [1.165, 1.54) is 0 Å². The van der Waals surface area contributed by atoms with Gasteiger partial charge in [0.15, 0.2) is 5.96 Å². The number of nitrogens with one attached hydrogen (secondary N) is 3. The first-order valence-corrected chi connectivity index (χ1v) is 3.56. The highest BCUT2D eigenvalue weighted by molar-refractivity contribution is 5.74. The molecule has 0 aromatic heterocycles. The van der Waals surface area contributed by atoms with Crippen LogP contribution in [-0.2, 0) is 4.79 Å². The van der Waals surface area contributed by atoms with Gasteiger partial charge in [0.25, 0.3) is 0 Å². The summed E-state index contributed by atoms with van der Waals surface area (Å²) < 4.78 is 0. The van der Waals surface area contributed by atoms with Crippen LogP contribution in [0.15, 0.2) is 0 Å². The van der Waals surface area contributed by atoms with Crippen molar-refractivity contribution in [3.8, 4) is 0 Å². The molecule has 0 aromatic carbocycles. The van der Waals surface area contributed by atoms with Gasteiger partial charge in [0.05, 0.1) is 0 Å². The first-order chi connectivity index (χ1) is 5.54. The Morgan fingerprint density at radius 2 is 2.25 bits per heavy atom. The van der Waals surface area contributed by atoms with E-state index in [2.05, 4.69) is 5.32 Å². The van der Waals surface area contributed by atoms with Gasteiger partial charge < -0.3 is 16.2 Å². The molecule has 0 rings (SSSR count). The number of carboxylic acids is 1. The van der Waals surface area contributed by atoms with E-state index in [-0.39, 0.29) is 12.4 Å². The molecule has 0 bridgehead atoms. The standard InChI is InChI=1S/C6H13N4O2/c7-4(5(11)12)2-1-3-10-6(8)9/h4,7H,1-3H2,(H,11,12)(H4,8,9,10). The molecule has 12 heavy (non-hydrogen) atoms. The van der Waals surface area contributed by atoms with Gasteiger partial charge in [0.1, 0.15) is 6.04 Å². The lowest BCUT2D eigenvalue weighted by molar-refractivity contribution is -0.138. The Kier molecular flexibility index (Phi) is 4.78. The van der Waals surface area contributed by atoms with Crippen LogP contribution >= 0.6 is 0 Å². The lowest BCUT2D eigenvalue weighted by Gasteiger charge is -2.05. The summed E-state index contributed by atoms with van der Waals surface area (Å²) in [5, 5.41) is 17.6. The summed E-state index contributed by atoms with van der Waals surface area (Å²) in [6.07, 6.45) is 0.801. The van der Waals surface area contributed by atoms with Crippen molar-refractivity contribution >= 4 is 11.9 Å². The van der Waals surface area contributed by atoms with E-state index in [9.17, 15) is 4.79 Å². The molecule has 0 spiro atoms. The molecule has 1 radical (unpaired) electrons. The molecule has 1 atom stereocenters. The molecular formula is C6H13N4O2. The third-order valence-electron chi connectivity index (χ3n) is 1.28. The van der Waals surface area contributed by atoms with E-state index in [1.807, 2.05) is 0 Å². The Hall–Kier alpha value is -1.30. The number of rotatable bonds is 5. The monoisotopic (exact) mass is 173 g/mol. The predicted molar refractivity (Wildman–Crippen MR) is 43.7 cm³/mol. The van der Waals surface area contributed by atoms with Crippen molar-refractivity contribution in [2.75, 3.05) is 6.54 Å². The average molecular weight is 173 g/mol. The van der Waals surface area contributed by atoms with Gasteiger partial charge in [-0.15, -0.1) is 0 Å². The van der Waals surface area contributed by atoms with Crippen LogP contribution < -0.4 is 16.8 Å². The highest BCUT2D eigenvalue weighted by Crippen LogP contribution is 1.94. The van der Waals surface area contributed by atoms with E-state index in [1.54, 1.807) is 0 Å². The number of carbonyl (C=O) groups is 1. The summed E-state index contributed by atoms with van der Waals surface area (Å²) in [4.78, 5) is 10.2. The molecule has 0 amide bonds. The topological polar surface area (TPSA) is 123 Å². The third-order valence-corrected chi connectivity index (χ3v) is 1.28. The van der Waals surface area contributed by atoms with Gasteiger partial charge in [-0.25, -0.2) is 5.73 Å². The summed E-state index contributed by atoms with van der Waals surface area (Å²) in [5.74, 6) is -1.25. The van der Waals surface area contributed by atoms with E-state index in [4.69, 9.17) is 22.0 Å². The lowest BCUT2D eigenvalue weighted by Crippen LogP contribution is -2.32. The molecule has 0 aliphatic carbocycles. The Labute approximate surface area is 70.4 Å². The highest BCUT2D eigenvalue weighted by Gasteiger charge is 2.10. The summed E-state index contributed by atoms with van der Waals surface area (Å²) in [5.41, 5.74) is 12.0. The van der Waals surface area contributed by atoms with E-state index < -0.39 is 12.0 Å². The first-order valence-electron chi connectivity index (χ1n) is 3.56. The number of guanidine groups is 1. The molecule has 0 aliphatic heterocycles. The summed E-state index contributed by atoms with van der Waals surface area (Å²) >= 11 is 0. The van der Waals surface area contributed by atoms with Gasteiger partial charge in [-0.1, -0.05) is 0 Å². The van der Waals surface area contributed by atoms with Crippen LogP contribution in [0.3, 0.4) is 0 Å². The molecule has 6 nitrogen and oxygen atoms in total. The molecule has 0 saturated heterocycles.